The minimum Gasteiger partial charge on any atom is -0.348 e. The summed E-state index contributed by atoms with van der Waals surface area (Å²) in [5.74, 6) is 0.491. The molecule has 1 amide bonds. The van der Waals surface area contributed by atoms with E-state index >= 15 is 0 Å². The first-order valence-electron chi connectivity index (χ1n) is 5.05. The summed E-state index contributed by atoms with van der Waals surface area (Å²) in [5.41, 5.74) is 0. The molecule has 0 atom stereocenters. The number of amides is 1. The predicted octanol–water partition coefficient (Wildman–Crippen LogP) is -0.759. The van der Waals surface area contributed by atoms with Gasteiger partial charge in [0.1, 0.15) is 9.84 Å². The molecule has 15 heavy (non-hydrogen) atoms. The van der Waals surface area contributed by atoms with Gasteiger partial charge in [-0.2, -0.15) is 0 Å². The van der Waals surface area contributed by atoms with Gasteiger partial charge in [-0.05, 0) is 12.8 Å². The molecule has 1 rings (SSSR count). The lowest BCUT2D eigenvalue weighted by Gasteiger charge is -2.23. The molecule has 0 saturated carbocycles. The lowest BCUT2D eigenvalue weighted by Crippen LogP contribution is -2.42. The van der Waals surface area contributed by atoms with Crippen molar-refractivity contribution in [2.45, 2.75) is 18.9 Å². The molecule has 1 heterocycles. The molecule has 0 aromatic carbocycles. The first-order chi connectivity index (χ1) is 6.91. The van der Waals surface area contributed by atoms with Crippen LogP contribution >= 0.6 is 0 Å². The molecule has 1 aliphatic heterocycles. The van der Waals surface area contributed by atoms with Crippen LogP contribution in [-0.2, 0) is 14.6 Å². The average Bonchev–Trinajstić information content (AvgIpc) is 2.15. The van der Waals surface area contributed by atoms with Gasteiger partial charge < -0.3 is 10.2 Å². The van der Waals surface area contributed by atoms with Crippen molar-refractivity contribution in [1.29, 1.82) is 0 Å². The van der Waals surface area contributed by atoms with Crippen molar-refractivity contribution in [1.82, 2.24) is 10.2 Å². The molecule has 0 bridgehead atoms. The minimum atomic E-state index is -2.81. The summed E-state index contributed by atoms with van der Waals surface area (Å²) in [7, 11) is 0.602. The average molecular weight is 234 g/mol. The summed E-state index contributed by atoms with van der Waals surface area (Å²) in [6.07, 6.45) is 1.23. The highest BCUT2D eigenvalue weighted by molar-refractivity contribution is 7.91. The predicted molar refractivity (Wildman–Crippen MR) is 58.4 cm³/mol. The molecule has 0 aromatic heterocycles. The summed E-state index contributed by atoms with van der Waals surface area (Å²) in [6, 6.07) is 0.164. The van der Waals surface area contributed by atoms with Gasteiger partial charge in [-0.25, -0.2) is 8.42 Å². The van der Waals surface area contributed by atoms with E-state index in [0.29, 0.717) is 12.8 Å². The van der Waals surface area contributed by atoms with E-state index in [9.17, 15) is 13.2 Å². The van der Waals surface area contributed by atoms with Crippen LogP contribution in [0.2, 0.25) is 0 Å². The van der Waals surface area contributed by atoms with Gasteiger partial charge in [-0.3, -0.25) is 4.79 Å². The highest BCUT2D eigenvalue weighted by Crippen LogP contribution is 2.11. The molecule has 0 unspecified atom stereocenters. The van der Waals surface area contributed by atoms with Crippen LogP contribution in [0.3, 0.4) is 0 Å². The Morgan fingerprint density at radius 3 is 2.33 bits per heavy atom. The van der Waals surface area contributed by atoms with Crippen molar-refractivity contribution in [3.8, 4) is 0 Å². The van der Waals surface area contributed by atoms with Crippen LogP contribution in [0.1, 0.15) is 12.8 Å². The van der Waals surface area contributed by atoms with E-state index in [1.54, 1.807) is 14.1 Å². The molecule has 88 valence electrons. The van der Waals surface area contributed by atoms with Crippen LogP contribution in [0.5, 0.6) is 0 Å². The molecule has 1 N–H and O–H groups in total. The van der Waals surface area contributed by atoms with Crippen molar-refractivity contribution in [3.05, 3.63) is 0 Å². The molecular formula is C9H18N2O3S. The monoisotopic (exact) mass is 234 g/mol. The van der Waals surface area contributed by atoms with E-state index in [4.69, 9.17) is 0 Å². The van der Waals surface area contributed by atoms with E-state index in [1.165, 1.54) is 4.90 Å². The maximum absolute atomic E-state index is 11.3. The van der Waals surface area contributed by atoms with Gasteiger partial charge in [-0.15, -0.1) is 0 Å². The second-order valence-corrected chi connectivity index (χ2v) is 6.40. The maximum atomic E-state index is 11.3. The van der Waals surface area contributed by atoms with Crippen LogP contribution in [-0.4, -0.2) is 57.4 Å². The number of carbonyl (C=O) groups is 1. The molecule has 0 aromatic rings. The van der Waals surface area contributed by atoms with E-state index < -0.39 is 9.84 Å². The first-order valence-corrected chi connectivity index (χ1v) is 6.87. The van der Waals surface area contributed by atoms with Gasteiger partial charge in [0, 0.05) is 20.1 Å². The summed E-state index contributed by atoms with van der Waals surface area (Å²) < 4.78 is 22.3. The van der Waals surface area contributed by atoms with Crippen LogP contribution < -0.4 is 5.32 Å². The summed E-state index contributed by atoms with van der Waals surface area (Å²) in [5, 5.41) is 3.08. The molecule has 0 spiro atoms. The molecule has 1 aliphatic rings. The third-order valence-corrected chi connectivity index (χ3v) is 4.31. The lowest BCUT2D eigenvalue weighted by atomic mass is 10.1. The number of rotatable bonds is 3. The zero-order valence-corrected chi connectivity index (χ0v) is 10.0. The number of hydrogen-bond donors (Lipinski definition) is 1. The number of sulfone groups is 1. The number of nitrogens with one attached hydrogen (secondary N) is 1. The minimum absolute atomic E-state index is 0.0171. The Labute approximate surface area is 90.7 Å². The van der Waals surface area contributed by atoms with Crippen molar-refractivity contribution in [2.75, 3.05) is 32.1 Å². The van der Waals surface area contributed by atoms with Gasteiger partial charge in [-0.1, -0.05) is 0 Å². The van der Waals surface area contributed by atoms with Gasteiger partial charge in [0.2, 0.25) is 5.91 Å². The molecule has 5 nitrogen and oxygen atoms in total. The van der Waals surface area contributed by atoms with Crippen LogP contribution in [0.15, 0.2) is 0 Å². The van der Waals surface area contributed by atoms with Crippen LogP contribution in [0.25, 0.3) is 0 Å². The van der Waals surface area contributed by atoms with E-state index in [1.807, 2.05) is 0 Å². The second-order valence-electron chi connectivity index (χ2n) is 4.10. The number of nitrogens with zero attached hydrogens (tertiary/aromatic N) is 1. The maximum Gasteiger partial charge on any atom is 0.236 e. The Balaban J connectivity index is 2.28. The summed E-state index contributed by atoms with van der Waals surface area (Å²) in [4.78, 5) is 12.8. The molecule has 0 aliphatic carbocycles. The van der Waals surface area contributed by atoms with Gasteiger partial charge in [0.15, 0.2) is 0 Å². The van der Waals surface area contributed by atoms with Gasteiger partial charge in [0.25, 0.3) is 0 Å². The highest BCUT2D eigenvalue weighted by Gasteiger charge is 2.23. The fourth-order valence-corrected chi connectivity index (χ4v) is 2.98. The fraction of sp³-hybridized carbons (Fsp3) is 0.889. The normalized spacial score (nSPS) is 21.2. The first kappa shape index (κ1) is 12.4. The SMILES string of the molecule is CN(C)C(=O)CNC1CCS(=O)(=O)CC1. The molecule has 0 radical (unpaired) electrons. The lowest BCUT2D eigenvalue weighted by molar-refractivity contribution is -0.127. The highest BCUT2D eigenvalue weighted by atomic mass is 32.2. The fourth-order valence-electron chi connectivity index (χ4n) is 1.48. The summed E-state index contributed by atoms with van der Waals surface area (Å²) >= 11 is 0. The van der Waals surface area contributed by atoms with Gasteiger partial charge in [0.05, 0.1) is 18.1 Å². The third kappa shape index (κ3) is 4.17. The standard InChI is InChI=1S/C9H18N2O3S/c1-11(2)9(12)7-10-8-3-5-15(13,14)6-4-8/h8,10H,3-7H2,1-2H3. The van der Waals surface area contributed by atoms with Crippen molar-refractivity contribution >= 4 is 15.7 Å². The Kier molecular flexibility index (Phi) is 4.10. The molecule has 1 fully saturated rings. The smallest absolute Gasteiger partial charge is 0.236 e. The topological polar surface area (TPSA) is 66.5 Å². The van der Waals surface area contributed by atoms with Crippen molar-refractivity contribution in [3.63, 3.8) is 0 Å². The Hall–Kier alpha value is -0.620. The Morgan fingerprint density at radius 2 is 1.87 bits per heavy atom. The van der Waals surface area contributed by atoms with E-state index in [2.05, 4.69) is 5.32 Å². The molecule has 6 heteroatoms. The van der Waals surface area contributed by atoms with Crippen molar-refractivity contribution in [2.24, 2.45) is 0 Å². The van der Waals surface area contributed by atoms with E-state index in [0.717, 1.165) is 0 Å². The Morgan fingerprint density at radius 1 is 1.33 bits per heavy atom. The zero-order chi connectivity index (χ0) is 11.5. The summed E-state index contributed by atoms with van der Waals surface area (Å²) in [6.45, 7) is 0.289. The van der Waals surface area contributed by atoms with E-state index in [-0.39, 0.29) is 30.0 Å². The second kappa shape index (κ2) is 4.94. The number of hydrogen-bond acceptors (Lipinski definition) is 4. The zero-order valence-electron chi connectivity index (χ0n) is 9.19. The van der Waals surface area contributed by atoms with Crippen molar-refractivity contribution < 1.29 is 13.2 Å². The van der Waals surface area contributed by atoms with Crippen LogP contribution in [0.4, 0.5) is 0 Å². The Bertz CT molecular complexity index is 310. The number of carbonyl (C=O) groups excluding carboxylic acids is 1. The quantitative estimate of drug-likeness (QED) is 0.697. The third-order valence-electron chi connectivity index (χ3n) is 2.60. The number of likely N-dealkylation sites (N-methyl/N-ethyl adjacent to an activating group) is 1. The van der Waals surface area contributed by atoms with Gasteiger partial charge >= 0.3 is 0 Å². The molecular weight excluding hydrogens is 216 g/mol. The largest absolute Gasteiger partial charge is 0.348 e. The van der Waals surface area contributed by atoms with Crippen LogP contribution in [0, 0.1) is 0 Å². The molecule has 1 saturated heterocycles.